The molecule has 0 atom stereocenters. The van der Waals surface area contributed by atoms with Crippen LogP contribution in [0.4, 0.5) is 0 Å². The minimum Gasteiger partial charge on any atom is -0.478 e. The predicted molar refractivity (Wildman–Crippen MR) is 77.0 cm³/mol. The zero-order valence-corrected chi connectivity index (χ0v) is 12.5. The van der Waals surface area contributed by atoms with Gasteiger partial charge < -0.3 is 9.52 Å². The van der Waals surface area contributed by atoms with Crippen molar-refractivity contribution in [2.45, 2.75) is 33.6 Å². The molecular formula is C16H18N2O3. The van der Waals surface area contributed by atoms with E-state index in [1.54, 1.807) is 12.1 Å². The van der Waals surface area contributed by atoms with Crippen molar-refractivity contribution >= 4 is 5.97 Å². The molecule has 0 bridgehead atoms. The SMILES string of the molecule is CC1(C)C(c2nnc(-c3ccc(C(=O)O)cc3)o2)C1(C)C. The molecule has 5 heteroatoms. The Labute approximate surface area is 123 Å². The van der Waals surface area contributed by atoms with Crippen LogP contribution < -0.4 is 0 Å². The summed E-state index contributed by atoms with van der Waals surface area (Å²) >= 11 is 0. The second-order valence-corrected chi connectivity index (χ2v) is 6.70. The van der Waals surface area contributed by atoms with Crippen molar-refractivity contribution in [3.63, 3.8) is 0 Å². The summed E-state index contributed by atoms with van der Waals surface area (Å²) in [6.07, 6.45) is 0. The highest BCUT2D eigenvalue weighted by Crippen LogP contribution is 2.73. The molecule has 110 valence electrons. The van der Waals surface area contributed by atoms with Crippen LogP contribution in [0.2, 0.25) is 0 Å². The lowest BCUT2D eigenvalue weighted by Crippen LogP contribution is -1.95. The van der Waals surface area contributed by atoms with E-state index >= 15 is 0 Å². The predicted octanol–water partition coefficient (Wildman–Crippen LogP) is 3.58. The van der Waals surface area contributed by atoms with E-state index in [-0.39, 0.29) is 22.3 Å². The number of hydrogen-bond acceptors (Lipinski definition) is 4. The highest BCUT2D eigenvalue weighted by Gasteiger charge is 2.67. The minimum absolute atomic E-state index is 0.143. The van der Waals surface area contributed by atoms with Crippen molar-refractivity contribution in [3.8, 4) is 11.5 Å². The third kappa shape index (κ3) is 1.95. The van der Waals surface area contributed by atoms with Crippen molar-refractivity contribution < 1.29 is 14.3 Å². The summed E-state index contributed by atoms with van der Waals surface area (Å²) in [5.41, 5.74) is 1.26. The first kappa shape index (κ1) is 13.8. The molecule has 1 heterocycles. The van der Waals surface area contributed by atoms with E-state index in [9.17, 15) is 4.79 Å². The van der Waals surface area contributed by atoms with E-state index in [2.05, 4.69) is 37.9 Å². The van der Waals surface area contributed by atoms with Crippen molar-refractivity contribution in [3.05, 3.63) is 35.7 Å². The van der Waals surface area contributed by atoms with Gasteiger partial charge in [-0.25, -0.2) is 4.79 Å². The minimum atomic E-state index is -0.950. The Bertz CT molecular complexity index is 685. The molecule has 1 aliphatic carbocycles. The van der Waals surface area contributed by atoms with Gasteiger partial charge in [0.15, 0.2) is 0 Å². The number of nitrogens with zero attached hydrogens (tertiary/aromatic N) is 2. The van der Waals surface area contributed by atoms with Gasteiger partial charge >= 0.3 is 5.97 Å². The number of aromatic nitrogens is 2. The Balaban J connectivity index is 1.88. The quantitative estimate of drug-likeness (QED) is 0.933. The summed E-state index contributed by atoms with van der Waals surface area (Å²) < 4.78 is 5.80. The molecule has 1 aromatic carbocycles. The topological polar surface area (TPSA) is 76.2 Å². The van der Waals surface area contributed by atoms with E-state index in [1.165, 1.54) is 12.1 Å². The van der Waals surface area contributed by atoms with Crippen molar-refractivity contribution in [1.82, 2.24) is 10.2 Å². The largest absolute Gasteiger partial charge is 0.478 e. The summed E-state index contributed by atoms with van der Waals surface area (Å²) in [6.45, 7) is 8.79. The average molecular weight is 286 g/mol. The third-order valence-corrected chi connectivity index (χ3v) is 5.09. The number of hydrogen-bond donors (Lipinski definition) is 1. The first-order valence-corrected chi connectivity index (χ1v) is 6.92. The van der Waals surface area contributed by atoms with E-state index in [0.717, 1.165) is 5.56 Å². The van der Waals surface area contributed by atoms with Gasteiger partial charge in [0.05, 0.1) is 5.56 Å². The first-order chi connectivity index (χ1) is 9.75. The fraction of sp³-hybridized carbons (Fsp3) is 0.438. The van der Waals surface area contributed by atoms with Crippen molar-refractivity contribution in [1.29, 1.82) is 0 Å². The molecule has 1 N–H and O–H groups in total. The van der Waals surface area contributed by atoms with Crippen molar-refractivity contribution in [2.24, 2.45) is 10.8 Å². The average Bonchev–Trinajstić information content (AvgIpc) is 2.77. The molecule has 2 aromatic rings. The highest BCUT2D eigenvalue weighted by atomic mass is 16.4. The smallest absolute Gasteiger partial charge is 0.335 e. The lowest BCUT2D eigenvalue weighted by Gasteiger charge is -2.03. The lowest BCUT2D eigenvalue weighted by molar-refractivity contribution is 0.0697. The second-order valence-electron chi connectivity index (χ2n) is 6.70. The summed E-state index contributed by atoms with van der Waals surface area (Å²) in [6, 6.07) is 6.44. The van der Waals surface area contributed by atoms with E-state index < -0.39 is 5.97 Å². The van der Waals surface area contributed by atoms with Gasteiger partial charge in [-0.2, -0.15) is 0 Å². The van der Waals surface area contributed by atoms with Gasteiger partial charge in [0.1, 0.15) is 0 Å². The molecular weight excluding hydrogens is 268 g/mol. The molecule has 1 saturated carbocycles. The Kier molecular flexibility index (Phi) is 2.74. The molecule has 0 radical (unpaired) electrons. The maximum absolute atomic E-state index is 10.8. The molecule has 0 saturated heterocycles. The summed E-state index contributed by atoms with van der Waals surface area (Å²) in [5.74, 6) is 0.390. The molecule has 3 rings (SSSR count). The second kappa shape index (κ2) is 4.16. The number of rotatable bonds is 3. The third-order valence-electron chi connectivity index (χ3n) is 5.09. The zero-order chi connectivity index (χ0) is 15.4. The van der Waals surface area contributed by atoms with E-state index in [0.29, 0.717) is 11.8 Å². The molecule has 21 heavy (non-hydrogen) atoms. The Morgan fingerprint density at radius 1 is 1.10 bits per heavy atom. The van der Waals surface area contributed by atoms with Crippen LogP contribution in [0.1, 0.15) is 49.9 Å². The van der Waals surface area contributed by atoms with Gasteiger partial charge in [0.2, 0.25) is 11.8 Å². The molecule has 0 unspecified atom stereocenters. The number of carboxylic acid groups (broad SMARTS) is 1. The maximum Gasteiger partial charge on any atom is 0.335 e. The van der Waals surface area contributed by atoms with Crippen LogP contribution in [0.5, 0.6) is 0 Å². The van der Waals surface area contributed by atoms with Crippen LogP contribution >= 0.6 is 0 Å². The number of benzene rings is 1. The van der Waals surface area contributed by atoms with E-state index in [1.807, 2.05) is 0 Å². The standard InChI is InChI=1S/C16H18N2O3/c1-15(2)11(16(15,3)4)13-18-17-12(21-13)9-5-7-10(8-6-9)14(19)20/h5-8,11H,1-4H3,(H,19,20). The van der Waals surface area contributed by atoms with Crippen LogP contribution in [0.25, 0.3) is 11.5 Å². The number of carboxylic acids is 1. The van der Waals surface area contributed by atoms with Gasteiger partial charge in [-0.1, -0.05) is 27.7 Å². The van der Waals surface area contributed by atoms with Crippen LogP contribution in [0.15, 0.2) is 28.7 Å². The van der Waals surface area contributed by atoms with Crippen LogP contribution in [-0.2, 0) is 0 Å². The Morgan fingerprint density at radius 2 is 1.67 bits per heavy atom. The van der Waals surface area contributed by atoms with Crippen LogP contribution in [-0.4, -0.2) is 21.3 Å². The van der Waals surface area contributed by atoms with Crippen LogP contribution in [0.3, 0.4) is 0 Å². The van der Waals surface area contributed by atoms with Gasteiger partial charge in [-0.15, -0.1) is 10.2 Å². The number of aromatic carboxylic acids is 1. The Morgan fingerprint density at radius 3 is 2.14 bits per heavy atom. The molecule has 5 nitrogen and oxygen atoms in total. The van der Waals surface area contributed by atoms with E-state index in [4.69, 9.17) is 9.52 Å². The van der Waals surface area contributed by atoms with Gasteiger partial charge in [-0.05, 0) is 35.1 Å². The normalized spacial score (nSPS) is 19.4. The van der Waals surface area contributed by atoms with Crippen molar-refractivity contribution in [2.75, 3.05) is 0 Å². The van der Waals surface area contributed by atoms with Crippen LogP contribution in [0, 0.1) is 10.8 Å². The Hall–Kier alpha value is -2.17. The van der Waals surface area contributed by atoms with Gasteiger partial charge in [-0.3, -0.25) is 0 Å². The fourth-order valence-corrected chi connectivity index (χ4v) is 3.04. The maximum atomic E-state index is 10.8. The first-order valence-electron chi connectivity index (χ1n) is 6.92. The number of carbonyl (C=O) groups is 1. The summed E-state index contributed by atoms with van der Waals surface area (Å²) in [5, 5.41) is 17.2. The summed E-state index contributed by atoms with van der Waals surface area (Å²) in [7, 11) is 0. The van der Waals surface area contributed by atoms with Gasteiger partial charge in [0, 0.05) is 11.5 Å². The zero-order valence-electron chi connectivity index (χ0n) is 12.5. The lowest BCUT2D eigenvalue weighted by atomic mass is 10.0. The fourth-order valence-electron chi connectivity index (χ4n) is 3.04. The molecule has 0 spiro atoms. The summed E-state index contributed by atoms with van der Waals surface area (Å²) in [4.78, 5) is 10.8. The highest BCUT2D eigenvalue weighted by molar-refractivity contribution is 5.88. The molecule has 0 aliphatic heterocycles. The monoisotopic (exact) mass is 286 g/mol. The molecule has 1 aliphatic rings. The van der Waals surface area contributed by atoms with Gasteiger partial charge in [0.25, 0.3) is 0 Å². The molecule has 1 aromatic heterocycles. The molecule has 1 fully saturated rings. The molecule has 0 amide bonds.